The third-order valence-corrected chi connectivity index (χ3v) is 7.18. The van der Waals surface area contributed by atoms with Crippen LogP contribution in [-0.2, 0) is 0 Å². The summed E-state index contributed by atoms with van der Waals surface area (Å²) in [7, 11) is 5.00. The standard InChI is InChI=1S/C29H30N4O3S/c1-18-16-23(19(2)32(18)20-9-11-21(34-3)12-10-20)28-27(24-8-6-7-15-30-24)31-29(37)33(28)25-17-22(35-4)13-14-26(25)36-5/h6-17,27-28H,1-5H3,(H,31,37). The van der Waals surface area contributed by atoms with Gasteiger partial charge in [0.05, 0.1) is 44.8 Å². The molecule has 4 aromatic rings. The molecule has 1 aliphatic rings. The molecule has 5 rings (SSSR count). The highest BCUT2D eigenvalue weighted by molar-refractivity contribution is 7.80. The van der Waals surface area contributed by atoms with Gasteiger partial charge in [-0.1, -0.05) is 6.07 Å². The summed E-state index contributed by atoms with van der Waals surface area (Å²) in [6.45, 7) is 4.26. The third kappa shape index (κ3) is 4.38. The fourth-order valence-electron chi connectivity index (χ4n) is 5.13. The highest BCUT2D eigenvalue weighted by Gasteiger charge is 2.43. The van der Waals surface area contributed by atoms with Crippen molar-refractivity contribution in [2.45, 2.75) is 25.9 Å². The van der Waals surface area contributed by atoms with Crippen LogP contribution in [0.25, 0.3) is 5.69 Å². The molecule has 0 bridgehead atoms. The summed E-state index contributed by atoms with van der Waals surface area (Å²) in [6, 6.07) is 21.7. The highest BCUT2D eigenvalue weighted by Crippen LogP contribution is 2.47. The minimum Gasteiger partial charge on any atom is -0.497 e. The zero-order valence-corrected chi connectivity index (χ0v) is 22.4. The number of aromatic nitrogens is 2. The van der Waals surface area contributed by atoms with Crippen molar-refractivity contribution in [3.63, 3.8) is 0 Å². The molecule has 2 unspecified atom stereocenters. The predicted molar refractivity (Wildman–Crippen MR) is 149 cm³/mol. The van der Waals surface area contributed by atoms with E-state index in [9.17, 15) is 0 Å². The summed E-state index contributed by atoms with van der Waals surface area (Å²) in [6.07, 6.45) is 1.81. The first kappa shape index (κ1) is 24.6. The number of ether oxygens (including phenoxy) is 3. The summed E-state index contributed by atoms with van der Waals surface area (Å²) in [5.74, 6) is 2.26. The van der Waals surface area contributed by atoms with E-state index in [-0.39, 0.29) is 12.1 Å². The molecule has 2 aromatic carbocycles. The van der Waals surface area contributed by atoms with Crippen LogP contribution in [0.2, 0.25) is 0 Å². The van der Waals surface area contributed by atoms with E-state index in [1.54, 1.807) is 21.3 Å². The fraction of sp³-hybridized carbons (Fsp3) is 0.241. The Kier molecular flexibility index (Phi) is 6.76. The highest BCUT2D eigenvalue weighted by atomic mass is 32.1. The largest absolute Gasteiger partial charge is 0.497 e. The lowest BCUT2D eigenvalue weighted by molar-refractivity contribution is 0.403. The second kappa shape index (κ2) is 10.1. The topological polar surface area (TPSA) is 60.8 Å². The number of rotatable bonds is 7. The Morgan fingerprint density at radius 3 is 2.24 bits per heavy atom. The molecule has 3 heterocycles. The minimum atomic E-state index is -0.179. The Morgan fingerprint density at radius 1 is 0.865 bits per heavy atom. The van der Waals surface area contributed by atoms with Gasteiger partial charge in [0.1, 0.15) is 17.2 Å². The lowest BCUT2D eigenvalue weighted by Crippen LogP contribution is -2.30. The van der Waals surface area contributed by atoms with Crippen molar-refractivity contribution >= 4 is 23.0 Å². The number of hydrogen-bond acceptors (Lipinski definition) is 5. The van der Waals surface area contributed by atoms with Crippen LogP contribution in [0.15, 0.2) is 72.9 Å². The van der Waals surface area contributed by atoms with E-state index >= 15 is 0 Å². The smallest absolute Gasteiger partial charge is 0.174 e. The third-order valence-electron chi connectivity index (χ3n) is 6.86. The van der Waals surface area contributed by atoms with Crippen LogP contribution < -0.4 is 24.4 Å². The van der Waals surface area contributed by atoms with Crippen LogP contribution in [0, 0.1) is 13.8 Å². The van der Waals surface area contributed by atoms with Crippen LogP contribution in [-0.4, -0.2) is 36.0 Å². The second-order valence-corrected chi connectivity index (χ2v) is 9.28. The van der Waals surface area contributed by atoms with Crippen molar-refractivity contribution in [3.8, 4) is 22.9 Å². The van der Waals surface area contributed by atoms with Crippen molar-refractivity contribution in [3.05, 3.63) is 95.6 Å². The van der Waals surface area contributed by atoms with Crippen LogP contribution in [0.5, 0.6) is 17.2 Å². The van der Waals surface area contributed by atoms with Gasteiger partial charge in [-0.05, 0) is 86.2 Å². The van der Waals surface area contributed by atoms with E-state index in [0.717, 1.165) is 45.5 Å². The first-order valence-electron chi connectivity index (χ1n) is 12.0. The molecule has 2 aromatic heterocycles. The van der Waals surface area contributed by atoms with Crippen LogP contribution in [0.4, 0.5) is 5.69 Å². The van der Waals surface area contributed by atoms with Gasteiger partial charge in [-0.25, -0.2) is 0 Å². The Balaban J connectivity index is 1.69. The first-order valence-corrected chi connectivity index (χ1v) is 12.4. The Morgan fingerprint density at radius 2 is 1.59 bits per heavy atom. The molecule has 1 fully saturated rings. The molecule has 0 amide bonds. The second-order valence-electron chi connectivity index (χ2n) is 8.89. The van der Waals surface area contributed by atoms with Crippen LogP contribution in [0.3, 0.4) is 0 Å². The van der Waals surface area contributed by atoms with Crippen molar-refractivity contribution in [2.24, 2.45) is 0 Å². The van der Waals surface area contributed by atoms with Gasteiger partial charge in [-0.15, -0.1) is 0 Å². The molecule has 1 N–H and O–H groups in total. The van der Waals surface area contributed by atoms with Crippen molar-refractivity contribution in [2.75, 3.05) is 26.2 Å². The van der Waals surface area contributed by atoms with Gasteiger partial charge in [0.15, 0.2) is 5.11 Å². The molecule has 0 spiro atoms. The lowest BCUT2D eigenvalue weighted by atomic mass is 9.96. The van der Waals surface area contributed by atoms with E-state index in [0.29, 0.717) is 10.9 Å². The summed E-state index contributed by atoms with van der Waals surface area (Å²) in [4.78, 5) is 6.81. The number of aryl methyl sites for hydroxylation is 1. The monoisotopic (exact) mass is 514 g/mol. The van der Waals surface area contributed by atoms with Crippen LogP contribution >= 0.6 is 12.2 Å². The molecular weight excluding hydrogens is 484 g/mol. The van der Waals surface area contributed by atoms with Crippen LogP contribution in [0.1, 0.15) is 34.7 Å². The Labute approximate surface area is 222 Å². The first-order chi connectivity index (χ1) is 18.0. The SMILES string of the molecule is COc1ccc(-n2c(C)cc(C3C(c4ccccn4)NC(=S)N3c3cc(OC)ccc3OC)c2C)cc1. The summed E-state index contributed by atoms with van der Waals surface area (Å²) < 4.78 is 18.9. The summed E-state index contributed by atoms with van der Waals surface area (Å²) in [5, 5.41) is 4.14. The average molecular weight is 515 g/mol. The minimum absolute atomic E-state index is 0.172. The number of thiocarbonyl (C=S) groups is 1. The molecule has 7 nitrogen and oxygen atoms in total. The van der Waals surface area contributed by atoms with Crippen molar-refractivity contribution in [1.82, 2.24) is 14.9 Å². The number of hydrogen-bond donors (Lipinski definition) is 1. The van der Waals surface area contributed by atoms with E-state index in [4.69, 9.17) is 26.4 Å². The zero-order chi connectivity index (χ0) is 26.1. The van der Waals surface area contributed by atoms with Gasteiger partial charge in [0.25, 0.3) is 0 Å². The molecule has 37 heavy (non-hydrogen) atoms. The maximum atomic E-state index is 5.94. The zero-order valence-electron chi connectivity index (χ0n) is 21.6. The molecule has 0 saturated carbocycles. The van der Waals surface area contributed by atoms with E-state index in [2.05, 4.69) is 51.8 Å². The number of benzene rings is 2. The number of nitrogens with one attached hydrogen (secondary N) is 1. The lowest BCUT2D eigenvalue weighted by Gasteiger charge is -2.29. The Bertz CT molecular complexity index is 1420. The Hall–Kier alpha value is -4.04. The fourth-order valence-corrected chi connectivity index (χ4v) is 5.47. The normalized spacial score (nSPS) is 17.0. The van der Waals surface area contributed by atoms with Gasteiger partial charge < -0.3 is 29.0 Å². The van der Waals surface area contributed by atoms with E-state index in [1.807, 2.05) is 54.7 Å². The van der Waals surface area contributed by atoms with Gasteiger partial charge in [0, 0.05) is 29.3 Å². The maximum Gasteiger partial charge on any atom is 0.174 e. The van der Waals surface area contributed by atoms with Gasteiger partial charge in [0.2, 0.25) is 0 Å². The number of anilines is 1. The van der Waals surface area contributed by atoms with Crippen molar-refractivity contribution in [1.29, 1.82) is 0 Å². The van der Waals surface area contributed by atoms with E-state index < -0.39 is 0 Å². The summed E-state index contributed by atoms with van der Waals surface area (Å²) >= 11 is 5.94. The molecule has 1 saturated heterocycles. The quantitative estimate of drug-likeness (QED) is 0.318. The molecule has 190 valence electrons. The molecule has 8 heteroatoms. The molecule has 0 radical (unpaired) electrons. The number of nitrogens with zero attached hydrogens (tertiary/aromatic N) is 3. The number of pyridine rings is 1. The van der Waals surface area contributed by atoms with Crippen molar-refractivity contribution < 1.29 is 14.2 Å². The molecule has 2 atom stereocenters. The predicted octanol–water partition coefficient (Wildman–Crippen LogP) is 5.69. The molecular formula is C29H30N4O3S. The molecule has 1 aliphatic heterocycles. The number of methoxy groups -OCH3 is 3. The van der Waals surface area contributed by atoms with Gasteiger partial charge >= 0.3 is 0 Å². The molecule has 0 aliphatic carbocycles. The van der Waals surface area contributed by atoms with E-state index in [1.165, 1.54) is 0 Å². The maximum absolute atomic E-state index is 5.94. The van der Waals surface area contributed by atoms with Gasteiger partial charge in [-0.3, -0.25) is 4.98 Å². The summed E-state index contributed by atoms with van der Waals surface area (Å²) in [5.41, 5.74) is 6.18. The van der Waals surface area contributed by atoms with Gasteiger partial charge in [-0.2, -0.15) is 0 Å². The average Bonchev–Trinajstić information content (AvgIpc) is 3.43.